The molecule has 0 bridgehead atoms. The lowest BCUT2D eigenvalue weighted by atomic mass is 10.1. The van der Waals surface area contributed by atoms with Crippen LogP contribution in [0.3, 0.4) is 0 Å². The number of nitrogens with one attached hydrogen (secondary N) is 1. The van der Waals surface area contributed by atoms with Gasteiger partial charge in [0.25, 0.3) is 0 Å². The standard InChI is InChI=1S/C10H20N4/c1-4-5-9(2)7-14-8-10(6-11-3)12-13-14/h8-9,11H,4-7H2,1-3H3. The van der Waals surface area contributed by atoms with E-state index < -0.39 is 0 Å². The summed E-state index contributed by atoms with van der Waals surface area (Å²) in [5.74, 6) is 0.684. The summed E-state index contributed by atoms with van der Waals surface area (Å²) in [4.78, 5) is 0. The van der Waals surface area contributed by atoms with E-state index in [-0.39, 0.29) is 0 Å². The third kappa shape index (κ3) is 3.46. The van der Waals surface area contributed by atoms with Crippen molar-refractivity contribution in [3.05, 3.63) is 11.9 Å². The molecular formula is C10H20N4. The molecule has 4 heteroatoms. The van der Waals surface area contributed by atoms with E-state index in [1.54, 1.807) is 0 Å². The van der Waals surface area contributed by atoms with Gasteiger partial charge in [-0.05, 0) is 19.4 Å². The maximum atomic E-state index is 4.08. The normalized spacial score (nSPS) is 13.1. The summed E-state index contributed by atoms with van der Waals surface area (Å²) in [5, 5.41) is 11.2. The van der Waals surface area contributed by atoms with Crippen molar-refractivity contribution in [1.29, 1.82) is 0 Å². The molecule has 0 radical (unpaired) electrons. The van der Waals surface area contributed by atoms with Crippen molar-refractivity contribution in [2.24, 2.45) is 5.92 Å². The van der Waals surface area contributed by atoms with Gasteiger partial charge >= 0.3 is 0 Å². The molecule has 1 aromatic heterocycles. The van der Waals surface area contributed by atoms with Crippen LogP contribution in [0.2, 0.25) is 0 Å². The minimum Gasteiger partial charge on any atom is -0.314 e. The van der Waals surface area contributed by atoms with Crippen molar-refractivity contribution >= 4 is 0 Å². The molecular weight excluding hydrogens is 176 g/mol. The van der Waals surface area contributed by atoms with Crippen LogP contribution in [0.4, 0.5) is 0 Å². The number of hydrogen-bond acceptors (Lipinski definition) is 3. The van der Waals surface area contributed by atoms with Crippen LogP contribution in [-0.2, 0) is 13.1 Å². The van der Waals surface area contributed by atoms with E-state index in [2.05, 4.69) is 29.5 Å². The lowest BCUT2D eigenvalue weighted by molar-refractivity contribution is 0.414. The Morgan fingerprint density at radius 1 is 1.57 bits per heavy atom. The van der Waals surface area contributed by atoms with Gasteiger partial charge in [-0.3, -0.25) is 4.68 Å². The summed E-state index contributed by atoms with van der Waals surface area (Å²) in [7, 11) is 1.92. The van der Waals surface area contributed by atoms with Crippen LogP contribution in [-0.4, -0.2) is 22.0 Å². The first-order valence-electron chi connectivity index (χ1n) is 5.29. The third-order valence-electron chi connectivity index (χ3n) is 2.22. The summed E-state index contributed by atoms with van der Waals surface area (Å²) < 4.78 is 1.94. The predicted octanol–water partition coefficient (Wildman–Crippen LogP) is 1.43. The Bertz CT molecular complexity index is 256. The topological polar surface area (TPSA) is 42.7 Å². The van der Waals surface area contributed by atoms with Crippen molar-refractivity contribution in [3.63, 3.8) is 0 Å². The van der Waals surface area contributed by atoms with Crippen LogP contribution in [0.15, 0.2) is 6.20 Å². The molecule has 0 aliphatic heterocycles. The Morgan fingerprint density at radius 3 is 3.00 bits per heavy atom. The average Bonchev–Trinajstić information content (AvgIpc) is 2.53. The highest BCUT2D eigenvalue weighted by Gasteiger charge is 2.04. The number of hydrogen-bond donors (Lipinski definition) is 1. The molecule has 0 spiro atoms. The SMILES string of the molecule is CCCC(C)Cn1cc(CNC)nn1. The van der Waals surface area contributed by atoms with Crippen LogP contribution in [0, 0.1) is 5.92 Å². The van der Waals surface area contributed by atoms with Crippen LogP contribution in [0.25, 0.3) is 0 Å². The predicted molar refractivity (Wildman–Crippen MR) is 56.9 cm³/mol. The van der Waals surface area contributed by atoms with Crippen molar-refractivity contribution < 1.29 is 0 Å². The minimum absolute atomic E-state index is 0.684. The van der Waals surface area contributed by atoms with Gasteiger partial charge in [-0.2, -0.15) is 0 Å². The fourth-order valence-electron chi connectivity index (χ4n) is 1.59. The van der Waals surface area contributed by atoms with Crippen LogP contribution in [0.5, 0.6) is 0 Å². The third-order valence-corrected chi connectivity index (χ3v) is 2.22. The highest BCUT2D eigenvalue weighted by Crippen LogP contribution is 2.07. The zero-order valence-corrected chi connectivity index (χ0v) is 9.32. The summed E-state index contributed by atoms with van der Waals surface area (Å²) in [6.07, 6.45) is 4.50. The van der Waals surface area contributed by atoms with E-state index in [0.717, 1.165) is 18.8 Å². The Kier molecular flexibility index (Phi) is 4.59. The second-order valence-corrected chi connectivity index (χ2v) is 3.86. The quantitative estimate of drug-likeness (QED) is 0.748. The monoisotopic (exact) mass is 196 g/mol. The summed E-state index contributed by atoms with van der Waals surface area (Å²) in [6.45, 7) is 6.24. The van der Waals surface area contributed by atoms with Gasteiger partial charge in [0.1, 0.15) is 0 Å². The molecule has 1 aromatic rings. The summed E-state index contributed by atoms with van der Waals surface area (Å²) in [6, 6.07) is 0. The number of aromatic nitrogens is 3. The van der Waals surface area contributed by atoms with Crippen molar-refractivity contribution in [2.45, 2.75) is 39.8 Å². The second-order valence-electron chi connectivity index (χ2n) is 3.86. The number of rotatable bonds is 6. The van der Waals surface area contributed by atoms with Gasteiger partial charge in [-0.25, -0.2) is 0 Å². The molecule has 0 aliphatic carbocycles. The van der Waals surface area contributed by atoms with Gasteiger partial charge < -0.3 is 5.32 Å². The Balaban J connectivity index is 2.42. The molecule has 4 nitrogen and oxygen atoms in total. The smallest absolute Gasteiger partial charge is 0.0964 e. The maximum Gasteiger partial charge on any atom is 0.0964 e. The van der Waals surface area contributed by atoms with Crippen molar-refractivity contribution in [1.82, 2.24) is 20.3 Å². The first-order valence-corrected chi connectivity index (χ1v) is 5.29. The van der Waals surface area contributed by atoms with Crippen LogP contribution >= 0.6 is 0 Å². The molecule has 0 fully saturated rings. The molecule has 1 unspecified atom stereocenters. The van der Waals surface area contributed by atoms with Gasteiger partial charge in [0, 0.05) is 19.3 Å². The maximum absolute atomic E-state index is 4.08. The zero-order valence-electron chi connectivity index (χ0n) is 9.32. The van der Waals surface area contributed by atoms with Gasteiger partial charge in [0.2, 0.25) is 0 Å². The lowest BCUT2D eigenvalue weighted by Gasteiger charge is -2.08. The second kappa shape index (κ2) is 5.75. The van der Waals surface area contributed by atoms with Crippen LogP contribution < -0.4 is 5.32 Å². The van der Waals surface area contributed by atoms with E-state index in [9.17, 15) is 0 Å². The highest BCUT2D eigenvalue weighted by molar-refractivity contribution is 4.91. The van der Waals surface area contributed by atoms with Gasteiger partial charge in [-0.15, -0.1) is 5.10 Å². The lowest BCUT2D eigenvalue weighted by Crippen LogP contribution is -2.08. The fraction of sp³-hybridized carbons (Fsp3) is 0.800. The van der Waals surface area contributed by atoms with E-state index in [1.807, 2.05) is 17.9 Å². The molecule has 1 rings (SSSR count). The summed E-state index contributed by atoms with van der Waals surface area (Å²) >= 11 is 0. The molecule has 0 amide bonds. The minimum atomic E-state index is 0.684. The molecule has 1 N–H and O–H groups in total. The van der Waals surface area contributed by atoms with Gasteiger partial charge in [-0.1, -0.05) is 25.5 Å². The van der Waals surface area contributed by atoms with Crippen molar-refractivity contribution in [2.75, 3.05) is 7.05 Å². The molecule has 80 valence electrons. The highest BCUT2D eigenvalue weighted by atomic mass is 15.4. The van der Waals surface area contributed by atoms with Gasteiger partial charge in [0.05, 0.1) is 5.69 Å². The molecule has 1 heterocycles. The zero-order chi connectivity index (χ0) is 10.4. The van der Waals surface area contributed by atoms with E-state index in [4.69, 9.17) is 0 Å². The molecule has 14 heavy (non-hydrogen) atoms. The average molecular weight is 196 g/mol. The van der Waals surface area contributed by atoms with E-state index in [0.29, 0.717) is 5.92 Å². The summed E-state index contributed by atoms with van der Waals surface area (Å²) in [5.41, 5.74) is 1.01. The van der Waals surface area contributed by atoms with Crippen LogP contribution in [0.1, 0.15) is 32.4 Å². The Hall–Kier alpha value is -0.900. The van der Waals surface area contributed by atoms with Crippen molar-refractivity contribution in [3.8, 4) is 0 Å². The fourth-order valence-corrected chi connectivity index (χ4v) is 1.59. The first-order chi connectivity index (χ1) is 6.76. The van der Waals surface area contributed by atoms with Gasteiger partial charge in [0.15, 0.2) is 0 Å². The molecule has 1 atom stereocenters. The number of nitrogens with zero attached hydrogens (tertiary/aromatic N) is 3. The molecule has 0 aliphatic rings. The first kappa shape index (κ1) is 11.2. The Morgan fingerprint density at radius 2 is 2.36 bits per heavy atom. The Labute approximate surface area is 85.7 Å². The van der Waals surface area contributed by atoms with E-state index >= 15 is 0 Å². The molecule has 0 aromatic carbocycles. The molecule has 0 saturated heterocycles. The van der Waals surface area contributed by atoms with E-state index in [1.165, 1.54) is 12.8 Å². The molecule has 0 saturated carbocycles. The largest absolute Gasteiger partial charge is 0.314 e.